The maximum Gasteiger partial charge on any atom is 0.0747 e. The van der Waals surface area contributed by atoms with Gasteiger partial charge < -0.3 is 10.4 Å². The quantitative estimate of drug-likeness (QED) is 0.856. The van der Waals surface area contributed by atoms with Crippen LogP contribution in [-0.2, 0) is 6.54 Å². The Morgan fingerprint density at radius 2 is 2.20 bits per heavy atom. The van der Waals surface area contributed by atoms with Gasteiger partial charge in [0.1, 0.15) is 0 Å². The normalized spacial score (nSPS) is 14.4. The average molecular weight is 293 g/mol. The monoisotopic (exact) mass is 292 g/mol. The summed E-state index contributed by atoms with van der Waals surface area (Å²) in [5.41, 5.74) is 1.75. The number of fused-ring (bicyclic) bond motifs is 1. The van der Waals surface area contributed by atoms with Crippen molar-refractivity contribution in [1.82, 2.24) is 10.3 Å². The molecule has 1 atom stereocenters. The smallest absolute Gasteiger partial charge is 0.0747 e. The molecule has 0 saturated heterocycles. The predicted molar refractivity (Wildman–Crippen MR) is 84.0 cm³/mol. The van der Waals surface area contributed by atoms with Gasteiger partial charge in [-0.2, -0.15) is 0 Å². The van der Waals surface area contributed by atoms with E-state index in [9.17, 15) is 5.11 Å². The van der Waals surface area contributed by atoms with E-state index in [0.29, 0.717) is 11.6 Å². The molecular formula is C16H21ClN2O. The van der Waals surface area contributed by atoms with Crippen molar-refractivity contribution in [3.05, 3.63) is 41.0 Å². The third kappa shape index (κ3) is 3.48. The molecule has 0 saturated carbocycles. The van der Waals surface area contributed by atoms with Crippen LogP contribution in [0.2, 0.25) is 5.02 Å². The minimum atomic E-state index is -0.266. The van der Waals surface area contributed by atoms with Crippen molar-refractivity contribution < 1.29 is 5.11 Å². The third-order valence-electron chi connectivity index (χ3n) is 3.60. The van der Waals surface area contributed by atoms with Gasteiger partial charge in [0.25, 0.3) is 0 Å². The largest absolute Gasteiger partial charge is 0.394 e. The van der Waals surface area contributed by atoms with Gasteiger partial charge in [0.2, 0.25) is 0 Å². The Kier molecular flexibility index (Phi) is 4.97. The fourth-order valence-corrected chi connectivity index (χ4v) is 2.70. The van der Waals surface area contributed by atoms with E-state index in [1.54, 1.807) is 6.20 Å². The highest BCUT2D eigenvalue weighted by molar-refractivity contribution is 6.31. The second-order valence-corrected chi connectivity index (χ2v) is 5.90. The number of pyridine rings is 1. The summed E-state index contributed by atoms with van der Waals surface area (Å²) in [5, 5.41) is 14.7. The number of aliphatic hydroxyl groups excluding tert-OH is 1. The lowest BCUT2D eigenvalue weighted by Crippen LogP contribution is -2.45. The van der Waals surface area contributed by atoms with E-state index < -0.39 is 0 Å². The van der Waals surface area contributed by atoms with E-state index in [1.165, 1.54) is 0 Å². The van der Waals surface area contributed by atoms with Gasteiger partial charge in [-0.05, 0) is 37.1 Å². The molecule has 2 aromatic rings. The standard InChI is InChI=1S/C16H21ClN2O/c1-3-6-16(2,11-20)19-10-13-9-14(17)8-12-5-4-7-18-15(12)13/h4-5,7-9,19-20H,3,6,10-11H2,1-2H3. The summed E-state index contributed by atoms with van der Waals surface area (Å²) in [4.78, 5) is 4.43. The molecule has 0 aliphatic rings. The Morgan fingerprint density at radius 1 is 1.40 bits per heavy atom. The molecule has 4 heteroatoms. The van der Waals surface area contributed by atoms with Gasteiger partial charge in [0.15, 0.2) is 0 Å². The van der Waals surface area contributed by atoms with E-state index in [2.05, 4.69) is 17.2 Å². The van der Waals surface area contributed by atoms with Crippen molar-refractivity contribution >= 4 is 22.5 Å². The fourth-order valence-electron chi connectivity index (χ4n) is 2.45. The molecule has 1 unspecified atom stereocenters. The van der Waals surface area contributed by atoms with Gasteiger partial charge in [0, 0.05) is 28.7 Å². The van der Waals surface area contributed by atoms with Crippen molar-refractivity contribution in [2.24, 2.45) is 0 Å². The molecule has 0 spiro atoms. The zero-order chi connectivity index (χ0) is 14.6. The van der Waals surface area contributed by atoms with E-state index in [1.807, 2.05) is 31.2 Å². The molecule has 0 radical (unpaired) electrons. The number of rotatable bonds is 6. The first-order valence-electron chi connectivity index (χ1n) is 6.97. The van der Waals surface area contributed by atoms with E-state index in [4.69, 9.17) is 11.6 Å². The number of nitrogens with zero attached hydrogens (tertiary/aromatic N) is 1. The second-order valence-electron chi connectivity index (χ2n) is 5.46. The highest BCUT2D eigenvalue weighted by atomic mass is 35.5. The number of nitrogens with one attached hydrogen (secondary N) is 1. The van der Waals surface area contributed by atoms with Crippen molar-refractivity contribution in [3.63, 3.8) is 0 Å². The van der Waals surface area contributed by atoms with Crippen LogP contribution in [0.5, 0.6) is 0 Å². The van der Waals surface area contributed by atoms with E-state index >= 15 is 0 Å². The van der Waals surface area contributed by atoms with Gasteiger partial charge in [-0.3, -0.25) is 4.98 Å². The molecule has 2 rings (SSSR count). The molecule has 3 nitrogen and oxygen atoms in total. The molecule has 0 fully saturated rings. The van der Waals surface area contributed by atoms with Gasteiger partial charge >= 0.3 is 0 Å². The Hall–Kier alpha value is -1.16. The highest BCUT2D eigenvalue weighted by Crippen LogP contribution is 2.23. The Balaban J connectivity index is 2.25. The van der Waals surface area contributed by atoms with E-state index in [0.717, 1.165) is 29.3 Å². The molecule has 1 heterocycles. The van der Waals surface area contributed by atoms with Crippen LogP contribution >= 0.6 is 11.6 Å². The molecule has 1 aromatic carbocycles. The first-order chi connectivity index (χ1) is 9.58. The summed E-state index contributed by atoms with van der Waals surface area (Å²) >= 11 is 6.16. The zero-order valence-electron chi connectivity index (χ0n) is 12.0. The number of hydrogen-bond acceptors (Lipinski definition) is 3. The number of halogens is 1. The van der Waals surface area contributed by atoms with Crippen molar-refractivity contribution in [3.8, 4) is 0 Å². The van der Waals surface area contributed by atoms with Gasteiger partial charge in [-0.1, -0.05) is 31.0 Å². The van der Waals surface area contributed by atoms with Crippen LogP contribution < -0.4 is 5.32 Å². The number of aromatic nitrogens is 1. The van der Waals surface area contributed by atoms with Crippen molar-refractivity contribution in [1.29, 1.82) is 0 Å². The summed E-state index contributed by atoms with van der Waals surface area (Å²) in [6.07, 6.45) is 3.74. The Bertz CT molecular complexity index is 588. The Labute approximate surface area is 125 Å². The average Bonchev–Trinajstić information content (AvgIpc) is 2.45. The molecule has 0 aliphatic carbocycles. The zero-order valence-corrected chi connectivity index (χ0v) is 12.7. The number of benzene rings is 1. The molecule has 1 aromatic heterocycles. The lowest BCUT2D eigenvalue weighted by atomic mass is 9.96. The second kappa shape index (κ2) is 6.53. The van der Waals surface area contributed by atoms with Crippen LogP contribution in [-0.4, -0.2) is 22.2 Å². The maximum atomic E-state index is 9.56. The summed E-state index contributed by atoms with van der Waals surface area (Å²) < 4.78 is 0. The number of aliphatic hydroxyl groups is 1. The van der Waals surface area contributed by atoms with Crippen LogP contribution in [0.3, 0.4) is 0 Å². The van der Waals surface area contributed by atoms with Crippen LogP contribution in [0.1, 0.15) is 32.3 Å². The number of hydrogen-bond donors (Lipinski definition) is 2. The molecule has 108 valence electrons. The third-order valence-corrected chi connectivity index (χ3v) is 3.82. The minimum Gasteiger partial charge on any atom is -0.394 e. The molecule has 20 heavy (non-hydrogen) atoms. The van der Waals surface area contributed by atoms with Crippen LogP contribution in [0, 0.1) is 0 Å². The first kappa shape index (κ1) is 15.2. The molecule has 2 N–H and O–H groups in total. The summed E-state index contributed by atoms with van der Waals surface area (Å²) in [6.45, 7) is 4.92. The topological polar surface area (TPSA) is 45.1 Å². The van der Waals surface area contributed by atoms with Crippen molar-refractivity contribution in [2.45, 2.75) is 38.8 Å². The fraction of sp³-hybridized carbons (Fsp3) is 0.438. The van der Waals surface area contributed by atoms with E-state index in [-0.39, 0.29) is 12.1 Å². The molecule has 0 aliphatic heterocycles. The first-order valence-corrected chi connectivity index (χ1v) is 7.35. The van der Waals surface area contributed by atoms with Crippen LogP contribution in [0.4, 0.5) is 0 Å². The van der Waals surface area contributed by atoms with Crippen molar-refractivity contribution in [2.75, 3.05) is 6.61 Å². The van der Waals surface area contributed by atoms with Gasteiger partial charge in [0.05, 0.1) is 12.1 Å². The molecule has 0 bridgehead atoms. The van der Waals surface area contributed by atoms with Crippen LogP contribution in [0.15, 0.2) is 30.5 Å². The van der Waals surface area contributed by atoms with Crippen LogP contribution in [0.25, 0.3) is 10.9 Å². The lowest BCUT2D eigenvalue weighted by Gasteiger charge is -2.28. The summed E-state index contributed by atoms with van der Waals surface area (Å²) in [7, 11) is 0. The molecule has 0 amide bonds. The SMILES string of the molecule is CCCC(C)(CO)NCc1cc(Cl)cc2cccnc12. The minimum absolute atomic E-state index is 0.118. The summed E-state index contributed by atoms with van der Waals surface area (Å²) in [5.74, 6) is 0. The van der Waals surface area contributed by atoms with Gasteiger partial charge in [-0.25, -0.2) is 0 Å². The Morgan fingerprint density at radius 3 is 2.90 bits per heavy atom. The summed E-state index contributed by atoms with van der Waals surface area (Å²) in [6, 6.07) is 7.78. The highest BCUT2D eigenvalue weighted by Gasteiger charge is 2.21. The maximum absolute atomic E-state index is 9.56. The lowest BCUT2D eigenvalue weighted by molar-refractivity contribution is 0.163. The van der Waals surface area contributed by atoms with Gasteiger partial charge in [-0.15, -0.1) is 0 Å². The predicted octanol–water partition coefficient (Wildman–Crippen LogP) is 3.53. The molecular weight excluding hydrogens is 272 g/mol.